The lowest BCUT2D eigenvalue weighted by molar-refractivity contribution is -0.279. The molecule has 2 aromatic carbocycles. The predicted molar refractivity (Wildman–Crippen MR) is 124 cm³/mol. The first-order valence-electron chi connectivity index (χ1n) is 10.7. The van der Waals surface area contributed by atoms with Crippen LogP contribution < -0.4 is 14.2 Å². The summed E-state index contributed by atoms with van der Waals surface area (Å²) in [5.41, 5.74) is 0.614. The molecule has 3 rings (SSSR count). The van der Waals surface area contributed by atoms with E-state index in [4.69, 9.17) is 23.7 Å². The Morgan fingerprint density at radius 3 is 1.74 bits per heavy atom. The molecular formula is C26H28O8. The summed E-state index contributed by atoms with van der Waals surface area (Å²) in [6.07, 6.45) is 3.60. The number of esters is 3. The number of carbonyl (C=O) groups excluding carboxylic acids is 3. The minimum atomic E-state index is -0.888. The smallest absolute Gasteiger partial charge is 0.321 e. The van der Waals surface area contributed by atoms with Crippen molar-refractivity contribution >= 4 is 30.1 Å². The fraction of sp³-hybridized carbons (Fsp3) is 0.346. The van der Waals surface area contributed by atoms with E-state index in [9.17, 15) is 14.4 Å². The minimum Gasteiger partial charge on any atom is -0.427 e. The van der Waals surface area contributed by atoms with Gasteiger partial charge in [0.2, 0.25) is 0 Å². The van der Waals surface area contributed by atoms with Crippen LogP contribution in [0, 0.1) is 5.41 Å². The van der Waals surface area contributed by atoms with Crippen molar-refractivity contribution in [3.05, 3.63) is 53.6 Å². The van der Waals surface area contributed by atoms with Crippen molar-refractivity contribution in [2.24, 2.45) is 5.41 Å². The van der Waals surface area contributed by atoms with Crippen LogP contribution >= 0.6 is 0 Å². The molecule has 1 heterocycles. The SMILES string of the molecule is CC(=O)Oc1cc(/C=C/c2ccc(OC(=O)C3(C)COC(C)(C)OC3)cc2)cc(OC(C)=O)c1. The van der Waals surface area contributed by atoms with Crippen molar-refractivity contribution in [3.63, 3.8) is 0 Å². The molecule has 0 aromatic heterocycles. The lowest BCUT2D eigenvalue weighted by atomic mass is 9.92. The molecule has 0 amide bonds. The standard InChI is InChI=1S/C26H28O8/c1-17(27)32-22-12-20(13-23(14-22)33-18(2)28)7-6-19-8-10-21(11-9-19)34-24(29)26(5)15-30-25(3,4)31-16-26/h6-14H,15-16H2,1-5H3/b7-6+. The van der Waals surface area contributed by atoms with Crippen molar-refractivity contribution in [1.29, 1.82) is 0 Å². The molecule has 0 aliphatic carbocycles. The molecule has 1 saturated heterocycles. The first kappa shape index (κ1) is 25.1. The average Bonchev–Trinajstić information content (AvgIpc) is 2.74. The van der Waals surface area contributed by atoms with Crippen LogP contribution in [-0.2, 0) is 23.9 Å². The Morgan fingerprint density at radius 2 is 1.24 bits per heavy atom. The van der Waals surface area contributed by atoms with E-state index in [0.717, 1.165) is 5.56 Å². The van der Waals surface area contributed by atoms with E-state index >= 15 is 0 Å². The van der Waals surface area contributed by atoms with Gasteiger partial charge in [-0.05, 0) is 56.2 Å². The molecule has 0 saturated carbocycles. The number of rotatable bonds is 6. The monoisotopic (exact) mass is 468 g/mol. The van der Waals surface area contributed by atoms with Crippen molar-refractivity contribution in [1.82, 2.24) is 0 Å². The van der Waals surface area contributed by atoms with Gasteiger partial charge >= 0.3 is 17.9 Å². The number of hydrogen-bond donors (Lipinski definition) is 0. The summed E-state index contributed by atoms with van der Waals surface area (Å²) in [5, 5.41) is 0. The topological polar surface area (TPSA) is 97.4 Å². The Morgan fingerprint density at radius 1 is 0.735 bits per heavy atom. The molecule has 0 unspecified atom stereocenters. The third-order valence-electron chi connectivity index (χ3n) is 4.95. The summed E-state index contributed by atoms with van der Waals surface area (Å²) < 4.78 is 27.0. The zero-order valence-electron chi connectivity index (χ0n) is 19.9. The van der Waals surface area contributed by atoms with E-state index in [1.807, 2.05) is 6.08 Å². The van der Waals surface area contributed by atoms with Crippen molar-refractivity contribution in [2.45, 2.75) is 40.4 Å². The molecule has 180 valence electrons. The van der Waals surface area contributed by atoms with E-state index < -0.39 is 29.1 Å². The Labute approximate surface area is 198 Å². The summed E-state index contributed by atoms with van der Waals surface area (Å²) >= 11 is 0. The van der Waals surface area contributed by atoms with E-state index in [0.29, 0.717) is 11.3 Å². The molecule has 0 atom stereocenters. The average molecular weight is 469 g/mol. The van der Waals surface area contributed by atoms with Crippen LogP contribution in [0.3, 0.4) is 0 Å². The highest BCUT2D eigenvalue weighted by atomic mass is 16.7. The Bertz CT molecular complexity index is 1050. The highest BCUT2D eigenvalue weighted by molar-refractivity contribution is 5.79. The fourth-order valence-electron chi connectivity index (χ4n) is 3.08. The normalized spacial score (nSPS) is 16.6. The summed E-state index contributed by atoms with van der Waals surface area (Å²) in [5.74, 6) is -1.17. The van der Waals surface area contributed by atoms with Crippen LogP contribution in [0.4, 0.5) is 0 Å². The maximum absolute atomic E-state index is 12.6. The van der Waals surface area contributed by atoms with Crippen LogP contribution in [0.1, 0.15) is 45.7 Å². The van der Waals surface area contributed by atoms with Crippen LogP contribution in [0.15, 0.2) is 42.5 Å². The molecule has 0 radical (unpaired) electrons. The number of ether oxygens (including phenoxy) is 5. The summed E-state index contributed by atoms with van der Waals surface area (Å²) in [4.78, 5) is 35.2. The van der Waals surface area contributed by atoms with Gasteiger partial charge in [0, 0.05) is 19.9 Å². The first-order valence-corrected chi connectivity index (χ1v) is 10.7. The largest absolute Gasteiger partial charge is 0.427 e. The molecule has 0 spiro atoms. The summed E-state index contributed by atoms with van der Waals surface area (Å²) in [7, 11) is 0. The van der Waals surface area contributed by atoms with Crippen molar-refractivity contribution in [2.75, 3.05) is 13.2 Å². The Kier molecular flexibility index (Phi) is 7.54. The molecule has 8 nitrogen and oxygen atoms in total. The number of carbonyl (C=O) groups is 3. The Balaban J connectivity index is 1.68. The quantitative estimate of drug-likeness (QED) is 0.350. The highest BCUT2D eigenvalue weighted by Crippen LogP contribution is 2.31. The van der Waals surface area contributed by atoms with Gasteiger partial charge in [0.05, 0.1) is 13.2 Å². The van der Waals surface area contributed by atoms with Gasteiger partial charge in [0.25, 0.3) is 0 Å². The number of benzene rings is 2. The molecule has 8 heteroatoms. The lowest BCUT2D eigenvalue weighted by Crippen LogP contribution is -2.50. The van der Waals surface area contributed by atoms with Gasteiger partial charge < -0.3 is 23.7 Å². The van der Waals surface area contributed by atoms with Crippen LogP contribution in [0.2, 0.25) is 0 Å². The lowest BCUT2D eigenvalue weighted by Gasteiger charge is -2.39. The van der Waals surface area contributed by atoms with Crippen LogP contribution in [-0.4, -0.2) is 36.9 Å². The maximum atomic E-state index is 12.6. The minimum absolute atomic E-state index is 0.210. The van der Waals surface area contributed by atoms with Gasteiger partial charge in [0.15, 0.2) is 5.79 Å². The van der Waals surface area contributed by atoms with Gasteiger partial charge in [-0.1, -0.05) is 24.3 Å². The van der Waals surface area contributed by atoms with Gasteiger partial charge in [0.1, 0.15) is 22.7 Å². The van der Waals surface area contributed by atoms with Gasteiger partial charge in [-0.15, -0.1) is 0 Å². The number of hydrogen-bond acceptors (Lipinski definition) is 8. The van der Waals surface area contributed by atoms with Crippen LogP contribution in [0.5, 0.6) is 17.2 Å². The van der Waals surface area contributed by atoms with E-state index in [1.54, 1.807) is 63.2 Å². The van der Waals surface area contributed by atoms with Crippen molar-refractivity contribution in [3.8, 4) is 17.2 Å². The molecule has 1 aliphatic rings. The second-order valence-electron chi connectivity index (χ2n) is 8.75. The van der Waals surface area contributed by atoms with Crippen LogP contribution in [0.25, 0.3) is 12.2 Å². The third-order valence-corrected chi connectivity index (χ3v) is 4.95. The van der Waals surface area contributed by atoms with Crippen molar-refractivity contribution < 1.29 is 38.1 Å². The molecule has 0 bridgehead atoms. The predicted octanol–water partition coefficient (Wildman–Crippen LogP) is 4.40. The Hall–Kier alpha value is -3.49. The second kappa shape index (κ2) is 10.2. The zero-order valence-corrected chi connectivity index (χ0v) is 19.9. The summed E-state index contributed by atoms with van der Waals surface area (Å²) in [6.45, 7) is 8.34. The van der Waals surface area contributed by atoms with Gasteiger partial charge in [-0.3, -0.25) is 14.4 Å². The first-order chi connectivity index (χ1) is 15.9. The van der Waals surface area contributed by atoms with E-state index in [1.165, 1.54) is 19.9 Å². The molecule has 34 heavy (non-hydrogen) atoms. The molecular weight excluding hydrogens is 440 g/mol. The summed E-state index contributed by atoms with van der Waals surface area (Å²) in [6, 6.07) is 11.7. The maximum Gasteiger partial charge on any atom is 0.321 e. The second-order valence-corrected chi connectivity index (χ2v) is 8.75. The van der Waals surface area contributed by atoms with E-state index in [-0.39, 0.29) is 24.7 Å². The molecule has 1 fully saturated rings. The zero-order chi connectivity index (χ0) is 24.9. The van der Waals surface area contributed by atoms with E-state index in [2.05, 4.69) is 0 Å². The molecule has 0 N–H and O–H groups in total. The molecule has 2 aromatic rings. The third kappa shape index (κ3) is 7.00. The molecule has 1 aliphatic heterocycles. The van der Waals surface area contributed by atoms with Gasteiger partial charge in [-0.25, -0.2) is 0 Å². The van der Waals surface area contributed by atoms with Gasteiger partial charge in [-0.2, -0.15) is 0 Å². The highest BCUT2D eigenvalue weighted by Gasteiger charge is 2.43. The fourth-order valence-corrected chi connectivity index (χ4v) is 3.08.